The summed E-state index contributed by atoms with van der Waals surface area (Å²) in [5.74, 6) is 1.17. The van der Waals surface area contributed by atoms with Crippen LogP contribution in [-0.4, -0.2) is 10.2 Å². The number of aromatic nitrogens is 2. The van der Waals surface area contributed by atoms with Crippen molar-refractivity contribution < 1.29 is 4.42 Å². The standard InChI is InChI=1S/C10H17ClN2O/c1-7(6-10(2,3)4)5-8-12-13-9(11)14-8/h7H,5-6H2,1-4H3. The van der Waals surface area contributed by atoms with Crippen LogP contribution in [0.4, 0.5) is 0 Å². The van der Waals surface area contributed by atoms with Gasteiger partial charge in [0.05, 0.1) is 0 Å². The van der Waals surface area contributed by atoms with Crippen LogP contribution in [0.25, 0.3) is 0 Å². The first-order chi connectivity index (χ1) is 6.37. The molecule has 0 N–H and O–H groups in total. The minimum Gasteiger partial charge on any atom is -0.412 e. The summed E-state index contributed by atoms with van der Waals surface area (Å²) in [5.41, 5.74) is 0.337. The summed E-state index contributed by atoms with van der Waals surface area (Å²) in [6.45, 7) is 8.86. The van der Waals surface area contributed by atoms with Crippen LogP contribution < -0.4 is 0 Å². The lowest BCUT2D eigenvalue weighted by Crippen LogP contribution is -2.12. The molecule has 1 aromatic heterocycles. The first-order valence-electron chi connectivity index (χ1n) is 4.85. The van der Waals surface area contributed by atoms with Crippen molar-refractivity contribution in [3.8, 4) is 0 Å². The predicted octanol–water partition coefficient (Wildman–Crippen LogP) is 3.34. The minimum atomic E-state index is 0.128. The van der Waals surface area contributed by atoms with Crippen LogP contribution in [0.15, 0.2) is 4.42 Å². The number of rotatable bonds is 3. The highest BCUT2D eigenvalue weighted by molar-refractivity contribution is 6.27. The van der Waals surface area contributed by atoms with Gasteiger partial charge in [0.2, 0.25) is 5.89 Å². The molecule has 4 heteroatoms. The van der Waals surface area contributed by atoms with Crippen LogP contribution >= 0.6 is 11.6 Å². The quantitative estimate of drug-likeness (QED) is 0.778. The molecular formula is C10H17ClN2O. The summed E-state index contributed by atoms with van der Waals surface area (Å²) >= 11 is 5.54. The lowest BCUT2D eigenvalue weighted by atomic mass is 9.84. The highest BCUT2D eigenvalue weighted by Crippen LogP contribution is 2.26. The average molecular weight is 217 g/mol. The SMILES string of the molecule is CC(Cc1nnc(Cl)o1)CC(C)(C)C. The van der Waals surface area contributed by atoms with Crippen LogP contribution in [-0.2, 0) is 6.42 Å². The van der Waals surface area contributed by atoms with Crippen molar-refractivity contribution in [2.45, 2.75) is 40.5 Å². The summed E-state index contributed by atoms with van der Waals surface area (Å²) < 4.78 is 5.11. The van der Waals surface area contributed by atoms with E-state index in [9.17, 15) is 0 Å². The minimum absolute atomic E-state index is 0.128. The van der Waals surface area contributed by atoms with E-state index in [-0.39, 0.29) is 5.35 Å². The van der Waals surface area contributed by atoms with Gasteiger partial charge in [-0.05, 0) is 29.4 Å². The molecule has 0 spiro atoms. The topological polar surface area (TPSA) is 38.9 Å². The third-order valence-corrected chi connectivity index (χ3v) is 2.08. The molecule has 0 aliphatic heterocycles. The summed E-state index contributed by atoms with van der Waals surface area (Å²) in [6.07, 6.45) is 1.93. The van der Waals surface area contributed by atoms with Gasteiger partial charge < -0.3 is 4.42 Å². The van der Waals surface area contributed by atoms with Gasteiger partial charge >= 0.3 is 5.35 Å². The van der Waals surface area contributed by atoms with E-state index in [1.165, 1.54) is 0 Å². The molecule has 0 amide bonds. The van der Waals surface area contributed by atoms with E-state index in [4.69, 9.17) is 16.0 Å². The third kappa shape index (κ3) is 4.09. The Bertz CT molecular complexity index is 291. The van der Waals surface area contributed by atoms with Gasteiger partial charge in [0.1, 0.15) is 0 Å². The maximum Gasteiger partial charge on any atom is 0.312 e. The van der Waals surface area contributed by atoms with Gasteiger partial charge in [-0.15, -0.1) is 5.10 Å². The molecule has 1 rings (SSSR count). The van der Waals surface area contributed by atoms with Crippen molar-refractivity contribution in [2.75, 3.05) is 0 Å². The van der Waals surface area contributed by atoms with E-state index in [1.807, 2.05) is 0 Å². The van der Waals surface area contributed by atoms with Gasteiger partial charge in [-0.3, -0.25) is 0 Å². The van der Waals surface area contributed by atoms with Gasteiger partial charge in [0, 0.05) is 6.42 Å². The first kappa shape index (κ1) is 11.5. The Kier molecular flexibility index (Phi) is 3.53. The highest BCUT2D eigenvalue weighted by Gasteiger charge is 2.17. The molecule has 0 saturated heterocycles. The summed E-state index contributed by atoms with van der Waals surface area (Å²) in [7, 11) is 0. The lowest BCUT2D eigenvalue weighted by Gasteiger charge is -2.22. The summed E-state index contributed by atoms with van der Waals surface area (Å²) in [6, 6.07) is 0. The van der Waals surface area contributed by atoms with E-state index in [2.05, 4.69) is 37.9 Å². The molecule has 0 radical (unpaired) electrons. The number of nitrogens with zero attached hydrogens (tertiary/aromatic N) is 2. The van der Waals surface area contributed by atoms with Crippen molar-refractivity contribution in [2.24, 2.45) is 11.3 Å². The van der Waals surface area contributed by atoms with Gasteiger partial charge in [0.25, 0.3) is 0 Å². The summed E-state index contributed by atoms with van der Waals surface area (Å²) in [5, 5.41) is 7.58. The molecule has 1 aromatic rings. The van der Waals surface area contributed by atoms with E-state index < -0.39 is 0 Å². The van der Waals surface area contributed by atoms with Crippen LogP contribution in [0.1, 0.15) is 40.0 Å². The largest absolute Gasteiger partial charge is 0.412 e. The Morgan fingerprint density at radius 1 is 1.36 bits per heavy atom. The van der Waals surface area contributed by atoms with Crippen LogP contribution in [0.5, 0.6) is 0 Å². The zero-order valence-corrected chi connectivity index (χ0v) is 9.93. The molecule has 0 fully saturated rings. The van der Waals surface area contributed by atoms with Crippen molar-refractivity contribution in [1.82, 2.24) is 10.2 Å². The van der Waals surface area contributed by atoms with E-state index in [0.29, 0.717) is 17.2 Å². The second-order valence-electron chi connectivity index (χ2n) is 5.02. The predicted molar refractivity (Wildman–Crippen MR) is 56.2 cm³/mol. The molecule has 80 valence electrons. The smallest absolute Gasteiger partial charge is 0.312 e. The maximum absolute atomic E-state index is 5.54. The van der Waals surface area contributed by atoms with Crippen LogP contribution in [0.3, 0.4) is 0 Å². The Hall–Kier alpha value is -0.570. The van der Waals surface area contributed by atoms with Crippen LogP contribution in [0, 0.1) is 11.3 Å². The molecule has 14 heavy (non-hydrogen) atoms. The second-order valence-corrected chi connectivity index (χ2v) is 5.35. The fourth-order valence-electron chi connectivity index (χ4n) is 1.73. The zero-order chi connectivity index (χ0) is 10.8. The van der Waals surface area contributed by atoms with Crippen molar-refractivity contribution in [3.05, 3.63) is 11.2 Å². The van der Waals surface area contributed by atoms with Crippen LogP contribution in [0.2, 0.25) is 5.35 Å². The fraction of sp³-hybridized carbons (Fsp3) is 0.800. The molecule has 1 heterocycles. The normalized spacial score (nSPS) is 14.4. The van der Waals surface area contributed by atoms with Gasteiger partial charge in [-0.2, -0.15) is 0 Å². The Balaban J connectivity index is 2.45. The molecule has 0 bridgehead atoms. The maximum atomic E-state index is 5.54. The first-order valence-corrected chi connectivity index (χ1v) is 5.22. The molecule has 0 aromatic carbocycles. The second kappa shape index (κ2) is 4.30. The van der Waals surface area contributed by atoms with E-state index in [1.54, 1.807) is 0 Å². The van der Waals surface area contributed by atoms with Crippen molar-refractivity contribution >= 4 is 11.6 Å². The molecular weight excluding hydrogens is 200 g/mol. The Morgan fingerprint density at radius 2 is 2.00 bits per heavy atom. The highest BCUT2D eigenvalue weighted by atomic mass is 35.5. The Labute approximate surface area is 89.9 Å². The monoisotopic (exact) mass is 216 g/mol. The number of hydrogen-bond acceptors (Lipinski definition) is 3. The fourth-order valence-corrected chi connectivity index (χ4v) is 1.86. The van der Waals surface area contributed by atoms with E-state index in [0.717, 1.165) is 12.8 Å². The molecule has 0 aliphatic carbocycles. The van der Waals surface area contributed by atoms with Gasteiger partial charge in [-0.25, -0.2) is 0 Å². The lowest BCUT2D eigenvalue weighted by molar-refractivity contribution is 0.293. The molecule has 0 saturated carbocycles. The molecule has 1 unspecified atom stereocenters. The zero-order valence-electron chi connectivity index (χ0n) is 9.17. The molecule has 3 nitrogen and oxygen atoms in total. The van der Waals surface area contributed by atoms with Crippen molar-refractivity contribution in [3.63, 3.8) is 0 Å². The average Bonchev–Trinajstić information content (AvgIpc) is 2.30. The van der Waals surface area contributed by atoms with E-state index >= 15 is 0 Å². The number of hydrogen-bond donors (Lipinski definition) is 0. The van der Waals surface area contributed by atoms with Gasteiger partial charge in [0.15, 0.2) is 0 Å². The Morgan fingerprint density at radius 3 is 2.43 bits per heavy atom. The summed E-state index contributed by atoms with van der Waals surface area (Å²) in [4.78, 5) is 0. The molecule has 1 atom stereocenters. The molecule has 0 aliphatic rings. The van der Waals surface area contributed by atoms with Crippen molar-refractivity contribution in [1.29, 1.82) is 0 Å². The number of halogens is 1. The van der Waals surface area contributed by atoms with Gasteiger partial charge in [-0.1, -0.05) is 32.8 Å². The third-order valence-electron chi connectivity index (χ3n) is 1.93.